The quantitative estimate of drug-likeness (QED) is 0.918. The number of rotatable bonds is 2. The Bertz CT molecular complexity index is 638. The van der Waals surface area contributed by atoms with Gasteiger partial charge in [-0.05, 0) is 38.3 Å². The minimum Gasteiger partial charge on any atom is -0.333 e. The zero-order valence-electron chi connectivity index (χ0n) is 12.3. The number of likely N-dealkylation sites (tertiary alicyclic amines) is 1. The number of H-pyrrole nitrogens is 1. The van der Waals surface area contributed by atoms with Crippen LogP contribution in [0.5, 0.6) is 0 Å². The second kappa shape index (κ2) is 5.63. The molecule has 2 aromatic rings. The lowest BCUT2D eigenvalue weighted by atomic mass is 10.0. The fourth-order valence-electron chi connectivity index (χ4n) is 2.85. The predicted octanol–water partition coefficient (Wildman–Crippen LogP) is 2.25. The molecule has 0 unspecified atom stereocenters. The molecule has 1 fully saturated rings. The van der Waals surface area contributed by atoms with E-state index in [9.17, 15) is 4.79 Å². The van der Waals surface area contributed by atoms with Crippen molar-refractivity contribution in [2.45, 2.75) is 39.2 Å². The van der Waals surface area contributed by atoms with Gasteiger partial charge in [-0.15, -0.1) is 0 Å². The summed E-state index contributed by atoms with van der Waals surface area (Å²) in [6, 6.07) is 3.80. The van der Waals surface area contributed by atoms with Gasteiger partial charge in [0.05, 0.1) is 17.4 Å². The number of aryl methyl sites for hydroxylation is 1. The van der Waals surface area contributed by atoms with Gasteiger partial charge in [0.2, 0.25) is 5.91 Å². The van der Waals surface area contributed by atoms with E-state index in [4.69, 9.17) is 0 Å². The molecule has 0 saturated carbocycles. The van der Waals surface area contributed by atoms with E-state index in [-0.39, 0.29) is 11.9 Å². The first-order chi connectivity index (χ1) is 10.1. The van der Waals surface area contributed by atoms with Gasteiger partial charge < -0.3 is 4.90 Å². The number of piperidine rings is 1. The zero-order valence-corrected chi connectivity index (χ0v) is 12.3. The third kappa shape index (κ3) is 2.79. The highest BCUT2D eigenvalue weighted by Gasteiger charge is 2.28. The normalized spacial score (nSPS) is 18.8. The molecule has 110 valence electrons. The van der Waals surface area contributed by atoms with Crippen LogP contribution in [0.4, 0.5) is 0 Å². The maximum Gasteiger partial charge on any atom is 0.220 e. The summed E-state index contributed by atoms with van der Waals surface area (Å²) >= 11 is 0. The lowest BCUT2D eigenvalue weighted by molar-refractivity contribution is -0.132. The Hall–Kier alpha value is -2.24. The Morgan fingerprint density at radius 3 is 2.95 bits per heavy atom. The van der Waals surface area contributed by atoms with Gasteiger partial charge in [-0.2, -0.15) is 5.10 Å². The van der Waals surface area contributed by atoms with Gasteiger partial charge in [-0.3, -0.25) is 9.89 Å². The largest absolute Gasteiger partial charge is 0.333 e. The number of nitrogens with one attached hydrogen (secondary N) is 1. The van der Waals surface area contributed by atoms with Crippen molar-refractivity contribution >= 4 is 5.91 Å². The monoisotopic (exact) mass is 285 g/mol. The number of aromatic nitrogens is 4. The molecule has 21 heavy (non-hydrogen) atoms. The molecule has 1 N–H and O–H groups in total. The first-order valence-electron chi connectivity index (χ1n) is 7.27. The molecule has 2 aromatic heterocycles. The van der Waals surface area contributed by atoms with Crippen LogP contribution in [-0.2, 0) is 4.79 Å². The second-order valence-electron chi connectivity index (χ2n) is 5.45. The van der Waals surface area contributed by atoms with Crippen LogP contribution in [0.3, 0.4) is 0 Å². The van der Waals surface area contributed by atoms with Gasteiger partial charge in [0, 0.05) is 25.4 Å². The SMILES string of the molecule is CC(=O)N1CCCC[C@H]1c1nc(C)cc(-c2ccn[nH]2)n1. The van der Waals surface area contributed by atoms with E-state index in [1.165, 1.54) is 0 Å². The molecule has 0 aliphatic carbocycles. The van der Waals surface area contributed by atoms with Crippen LogP contribution in [0, 0.1) is 6.92 Å². The Balaban J connectivity index is 1.99. The molecule has 0 spiro atoms. The van der Waals surface area contributed by atoms with Crippen LogP contribution >= 0.6 is 0 Å². The topological polar surface area (TPSA) is 74.8 Å². The van der Waals surface area contributed by atoms with Crippen LogP contribution in [0.1, 0.15) is 43.7 Å². The average molecular weight is 285 g/mol. The van der Waals surface area contributed by atoms with Crippen molar-refractivity contribution in [3.63, 3.8) is 0 Å². The van der Waals surface area contributed by atoms with E-state index in [1.807, 2.05) is 24.0 Å². The van der Waals surface area contributed by atoms with E-state index in [0.29, 0.717) is 0 Å². The summed E-state index contributed by atoms with van der Waals surface area (Å²) in [7, 11) is 0. The summed E-state index contributed by atoms with van der Waals surface area (Å²) in [5, 5.41) is 6.89. The third-order valence-corrected chi connectivity index (χ3v) is 3.85. The van der Waals surface area contributed by atoms with Crippen molar-refractivity contribution < 1.29 is 4.79 Å². The van der Waals surface area contributed by atoms with Gasteiger partial charge in [-0.25, -0.2) is 9.97 Å². The molecule has 3 rings (SSSR count). The zero-order chi connectivity index (χ0) is 14.8. The molecule has 1 aliphatic rings. The van der Waals surface area contributed by atoms with Crippen molar-refractivity contribution in [2.75, 3.05) is 6.54 Å². The molecular weight excluding hydrogens is 266 g/mol. The molecule has 1 aliphatic heterocycles. The van der Waals surface area contributed by atoms with Crippen LogP contribution in [0.15, 0.2) is 18.3 Å². The van der Waals surface area contributed by atoms with E-state index < -0.39 is 0 Å². The molecule has 1 atom stereocenters. The summed E-state index contributed by atoms with van der Waals surface area (Å²) in [4.78, 5) is 22.9. The predicted molar refractivity (Wildman–Crippen MR) is 78.3 cm³/mol. The maximum absolute atomic E-state index is 11.8. The van der Waals surface area contributed by atoms with Crippen LogP contribution < -0.4 is 0 Å². The first-order valence-corrected chi connectivity index (χ1v) is 7.27. The van der Waals surface area contributed by atoms with Gasteiger partial charge >= 0.3 is 0 Å². The number of carbonyl (C=O) groups is 1. The van der Waals surface area contributed by atoms with E-state index >= 15 is 0 Å². The highest BCUT2D eigenvalue weighted by molar-refractivity contribution is 5.73. The number of amides is 1. The van der Waals surface area contributed by atoms with Crippen LogP contribution in [0.2, 0.25) is 0 Å². The average Bonchev–Trinajstić information content (AvgIpc) is 3.01. The van der Waals surface area contributed by atoms with E-state index in [1.54, 1.807) is 13.1 Å². The minimum absolute atomic E-state index is 0.0159. The van der Waals surface area contributed by atoms with Gasteiger partial charge in [-0.1, -0.05) is 0 Å². The highest BCUT2D eigenvalue weighted by atomic mass is 16.2. The van der Waals surface area contributed by atoms with Gasteiger partial charge in [0.1, 0.15) is 0 Å². The standard InChI is InChI=1S/C15H19N5O/c1-10-9-13(12-6-7-16-19-12)18-15(17-10)14-5-3-4-8-20(14)11(2)21/h6-7,9,14H,3-5,8H2,1-2H3,(H,16,19)/t14-/m0/s1. The molecular formula is C15H19N5O. The Labute approximate surface area is 123 Å². The molecule has 1 amide bonds. The number of aromatic amines is 1. The molecule has 0 radical (unpaired) electrons. The summed E-state index contributed by atoms with van der Waals surface area (Å²) < 4.78 is 0. The fourth-order valence-corrected chi connectivity index (χ4v) is 2.85. The highest BCUT2D eigenvalue weighted by Crippen LogP contribution is 2.30. The molecule has 6 nitrogen and oxygen atoms in total. The molecule has 0 bridgehead atoms. The molecule has 6 heteroatoms. The maximum atomic E-state index is 11.8. The fraction of sp³-hybridized carbons (Fsp3) is 0.467. The van der Waals surface area contributed by atoms with Crippen molar-refractivity contribution in [2.24, 2.45) is 0 Å². The summed E-state index contributed by atoms with van der Waals surface area (Å²) in [6.45, 7) is 4.35. The molecule has 3 heterocycles. The van der Waals surface area contributed by atoms with E-state index in [0.717, 1.165) is 48.7 Å². The second-order valence-corrected chi connectivity index (χ2v) is 5.45. The minimum atomic E-state index is -0.0159. The smallest absolute Gasteiger partial charge is 0.220 e. The van der Waals surface area contributed by atoms with E-state index in [2.05, 4.69) is 20.2 Å². The Morgan fingerprint density at radius 2 is 2.24 bits per heavy atom. The summed E-state index contributed by atoms with van der Waals surface area (Å²) in [5.74, 6) is 0.822. The number of hydrogen-bond acceptors (Lipinski definition) is 4. The van der Waals surface area contributed by atoms with Gasteiger partial charge in [0.15, 0.2) is 5.82 Å². The number of hydrogen-bond donors (Lipinski definition) is 1. The van der Waals surface area contributed by atoms with Crippen molar-refractivity contribution in [1.29, 1.82) is 0 Å². The summed E-state index contributed by atoms with van der Waals surface area (Å²) in [6.07, 6.45) is 4.78. The van der Waals surface area contributed by atoms with Crippen LogP contribution in [-0.4, -0.2) is 37.5 Å². The third-order valence-electron chi connectivity index (χ3n) is 3.85. The van der Waals surface area contributed by atoms with Crippen molar-refractivity contribution in [3.8, 4) is 11.4 Å². The number of carbonyl (C=O) groups excluding carboxylic acids is 1. The Morgan fingerprint density at radius 1 is 1.38 bits per heavy atom. The Kier molecular flexibility index (Phi) is 3.68. The first kappa shape index (κ1) is 13.7. The lowest BCUT2D eigenvalue weighted by Gasteiger charge is -2.34. The molecule has 1 saturated heterocycles. The summed E-state index contributed by atoms with van der Waals surface area (Å²) in [5.41, 5.74) is 2.59. The van der Waals surface area contributed by atoms with Crippen molar-refractivity contribution in [1.82, 2.24) is 25.1 Å². The van der Waals surface area contributed by atoms with Gasteiger partial charge in [0.25, 0.3) is 0 Å². The van der Waals surface area contributed by atoms with Crippen molar-refractivity contribution in [3.05, 3.63) is 29.8 Å². The number of nitrogens with zero attached hydrogens (tertiary/aromatic N) is 4. The lowest BCUT2D eigenvalue weighted by Crippen LogP contribution is -2.37. The molecule has 0 aromatic carbocycles. The van der Waals surface area contributed by atoms with Crippen LogP contribution in [0.25, 0.3) is 11.4 Å².